The van der Waals surface area contributed by atoms with Crippen LogP contribution < -0.4 is 5.32 Å². The molecular formula is C15H21ClN2O3. The number of amides is 2. The molecule has 0 radical (unpaired) electrons. The molecule has 1 saturated heterocycles. The second kappa shape index (κ2) is 6.36. The van der Waals surface area contributed by atoms with Crippen LogP contribution in [0, 0.1) is 0 Å². The average molecular weight is 313 g/mol. The van der Waals surface area contributed by atoms with E-state index in [9.17, 15) is 9.59 Å². The molecule has 21 heavy (non-hydrogen) atoms. The second-order valence-electron chi connectivity index (χ2n) is 5.98. The molecule has 0 bridgehead atoms. The lowest BCUT2D eigenvalue weighted by molar-refractivity contribution is -0.140. The van der Waals surface area contributed by atoms with E-state index >= 15 is 0 Å². The summed E-state index contributed by atoms with van der Waals surface area (Å²) in [4.78, 5) is 26.1. The maximum atomic E-state index is 12.5. The van der Waals surface area contributed by atoms with Gasteiger partial charge in [0.2, 0.25) is 0 Å². The first-order valence-electron chi connectivity index (χ1n) is 7.81. The summed E-state index contributed by atoms with van der Waals surface area (Å²) in [5, 5.41) is 3.06. The third-order valence-corrected chi connectivity index (χ3v) is 4.88. The fraction of sp³-hybridized carbons (Fsp3) is 0.733. The molecule has 1 N–H and O–H groups in total. The predicted octanol–water partition coefficient (Wildman–Crippen LogP) is 1.91. The number of hydrogen-bond donors (Lipinski definition) is 1. The Morgan fingerprint density at radius 1 is 1.10 bits per heavy atom. The van der Waals surface area contributed by atoms with Gasteiger partial charge in [-0.2, -0.15) is 0 Å². The summed E-state index contributed by atoms with van der Waals surface area (Å²) in [7, 11) is 0. The molecular weight excluding hydrogens is 292 g/mol. The highest BCUT2D eigenvalue weighted by molar-refractivity contribution is 6.47. The monoisotopic (exact) mass is 312 g/mol. The fourth-order valence-electron chi connectivity index (χ4n) is 3.36. The summed E-state index contributed by atoms with van der Waals surface area (Å²) in [6.07, 6.45) is 7.22. The van der Waals surface area contributed by atoms with E-state index in [0.29, 0.717) is 6.54 Å². The topological polar surface area (TPSA) is 58.6 Å². The molecule has 0 aromatic rings. The number of nitrogens with zero attached hydrogens (tertiary/aromatic N) is 1. The first-order chi connectivity index (χ1) is 10.2. The first kappa shape index (κ1) is 14.9. The summed E-state index contributed by atoms with van der Waals surface area (Å²) in [6.45, 7) is 1.29. The van der Waals surface area contributed by atoms with Crippen LogP contribution >= 0.6 is 11.6 Å². The number of hydrogen-bond acceptors (Lipinski definition) is 4. The third-order valence-electron chi connectivity index (χ3n) is 4.53. The largest absolute Gasteiger partial charge is 0.377 e. The quantitative estimate of drug-likeness (QED) is 0.806. The number of imide groups is 1. The smallest absolute Gasteiger partial charge is 0.278 e. The summed E-state index contributed by atoms with van der Waals surface area (Å²) in [5.74, 6) is -0.613. The Labute approximate surface area is 129 Å². The number of carbonyl (C=O) groups excluding carboxylic acids is 2. The van der Waals surface area contributed by atoms with Crippen molar-refractivity contribution in [1.82, 2.24) is 10.2 Å². The highest BCUT2D eigenvalue weighted by atomic mass is 35.5. The minimum Gasteiger partial charge on any atom is -0.377 e. The van der Waals surface area contributed by atoms with E-state index in [4.69, 9.17) is 16.3 Å². The third kappa shape index (κ3) is 2.94. The van der Waals surface area contributed by atoms with Crippen molar-refractivity contribution in [3.8, 4) is 0 Å². The molecule has 2 heterocycles. The Bertz CT molecular complexity index is 466. The molecule has 0 spiro atoms. The molecule has 0 aromatic carbocycles. The number of nitrogens with one attached hydrogen (secondary N) is 1. The van der Waals surface area contributed by atoms with Gasteiger partial charge in [-0.15, -0.1) is 0 Å². The van der Waals surface area contributed by atoms with Gasteiger partial charge in [-0.1, -0.05) is 30.9 Å². The molecule has 1 aliphatic carbocycles. The van der Waals surface area contributed by atoms with Crippen LogP contribution in [-0.2, 0) is 14.3 Å². The molecule has 1 saturated carbocycles. The van der Waals surface area contributed by atoms with Crippen LogP contribution in [0.4, 0.5) is 0 Å². The van der Waals surface area contributed by atoms with Gasteiger partial charge < -0.3 is 10.1 Å². The molecule has 0 aromatic heterocycles. The molecule has 3 rings (SSSR count). The molecule has 1 unspecified atom stereocenters. The van der Waals surface area contributed by atoms with E-state index in [-0.39, 0.29) is 34.7 Å². The van der Waals surface area contributed by atoms with Crippen molar-refractivity contribution in [2.75, 3.05) is 13.2 Å². The highest BCUT2D eigenvalue weighted by Gasteiger charge is 2.42. The zero-order valence-electron chi connectivity index (χ0n) is 12.1. The van der Waals surface area contributed by atoms with Gasteiger partial charge in [-0.25, -0.2) is 0 Å². The molecule has 116 valence electrons. The lowest BCUT2D eigenvalue weighted by atomic mass is 9.94. The Hall–Kier alpha value is -1.07. The van der Waals surface area contributed by atoms with Crippen LogP contribution in [0.2, 0.25) is 0 Å². The van der Waals surface area contributed by atoms with Crippen molar-refractivity contribution in [2.45, 2.75) is 57.1 Å². The zero-order valence-corrected chi connectivity index (χ0v) is 12.8. The van der Waals surface area contributed by atoms with Crippen molar-refractivity contribution in [2.24, 2.45) is 0 Å². The van der Waals surface area contributed by atoms with Crippen molar-refractivity contribution in [3.63, 3.8) is 0 Å². The van der Waals surface area contributed by atoms with Gasteiger partial charge in [0.25, 0.3) is 11.8 Å². The SMILES string of the molecule is O=C1C(Cl)=C(NCC2CCCO2)C(=O)N1C1CCCCC1. The molecule has 2 amide bonds. The summed E-state index contributed by atoms with van der Waals surface area (Å²) in [6, 6.07) is 0.00882. The van der Waals surface area contributed by atoms with Gasteiger partial charge in [0.1, 0.15) is 10.7 Å². The maximum Gasteiger partial charge on any atom is 0.278 e. The van der Waals surface area contributed by atoms with Crippen LogP contribution in [0.25, 0.3) is 0 Å². The molecule has 2 aliphatic heterocycles. The van der Waals surface area contributed by atoms with Crippen molar-refractivity contribution < 1.29 is 14.3 Å². The summed E-state index contributed by atoms with van der Waals surface area (Å²) in [5.41, 5.74) is 0.253. The van der Waals surface area contributed by atoms with Crippen LogP contribution in [0.3, 0.4) is 0 Å². The summed E-state index contributed by atoms with van der Waals surface area (Å²) >= 11 is 6.09. The predicted molar refractivity (Wildman–Crippen MR) is 78.6 cm³/mol. The lowest BCUT2D eigenvalue weighted by Crippen LogP contribution is -2.43. The number of ether oxygens (including phenoxy) is 1. The summed E-state index contributed by atoms with van der Waals surface area (Å²) < 4.78 is 5.52. The van der Waals surface area contributed by atoms with Gasteiger partial charge >= 0.3 is 0 Å². The number of halogens is 1. The average Bonchev–Trinajstić information content (AvgIpc) is 3.08. The van der Waals surface area contributed by atoms with Gasteiger partial charge in [-0.3, -0.25) is 14.5 Å². The van der Waals surface area contributed by atoms with E-state index in [2.05, 4.69) is 5.32 Å². The van der Waals surface area contributed by atoms with Crippen molar-refractivity contribution in [3.05, 3.63) is 10.7 Å². The van der Waals surface area contributed by atoms with E-state index in [1.165, 1.54) is 11.3 Å². The Morgan fingerprint density at radius 2 is 1.86 bits per heavy atom. The van der Waals surface area contributed by atoms with Gasteiger partial charge in [0, 0.05) is 19.2 Å². The zero-order chi connectivity index (χ0) is 14.8. The molecule has 1 atom stereocenters. The fourth-order valence-corrected chi connectivity index (χ4v) is 3.60. The van der Waals surface area contributed by atoms with Gasteiger partial charge in [0.15, 0.2) is 0 Å². The Kier molecular flexibility index (Phi) is 4.50. The van der Waals surface area contributed by atoms with E-state index in [0.717, 1.165) is 45.1 Å². The minimum absolute atomic E-state index is 0.00882. The standard InChI is InChI=1S/C15H21ClN2O3/c16-12-13(17-9-11-7-4-8-21-11)15(20)18(14(12)19)10-5-2-1-3-6-10/h10-11,17H,1-9H2. The minimum atomic E-state index is -0.344. The van der Waals surface area contributed by atoms with Gasteiger partial charge in [0.05, 0.1) is 6.10 Å². The van der Waals surface area contributed by atoms with Gasteiger partial charge in [-0.05, 0) is 25.7 Å². The normalized spacial score (nSPS) is 27.9. The molecule has 2 fully saturated rings. The Morgan fingerprint density at radius 3 is 2.52 bits per heavy atom. The molecule has 6 heteroatoms. The van der Waals surface area contributed by atoms with Crippen LogP contribution in [-0.4, -0.2) is 42.0 Å². The van der Waals surface area contributed by atoms with Crippen LogP contribution in [0.5, 0.6) is 0 Å². The lowest BCUT2D eigenvalue weighted by Gasteiger charge is -2.29. The second-order valence-corrected chi connectivity index (χ2v) is 6.36. The number of carbonyl (C=O) groups is 2. The molecule has 5 nitrogen and oxygen atoms in total. The Balaban J connectivity index is 1.65. The van der Waals surface area contributed by atoms with E-state index in [1.807, 2.05) is 0 Å². The first-order valence-corrected chi connectivity index (χ1v) is 8.19. The van der Waals surface area contributed by atoms with E-state index in [1.54, 1.807) is 0 Å². The molecule has 3 aliphatic rings. The van der Waals surface area contributed by atoms with E-state index < -0.39 is 0 Å². The van der Waals surface area contributed by atoms with Crippen molar-refractivity contribution >= 4 is 23.4 Å². The maximum absolute atomic E-state index is 12.5. The highest BCUT2D eigenvalue weighted by Crippen LogP contribution is 2.30. The van der Waals surface area contributed by atoms with Crippen LogP contribution in [0.15, 0.2) is 10.7 Å². The van der Waals surface area contributed by atoms with Crippen LogP contribution in [0.1, 0.15) is 44.9 Å². The van der Waals surface area contributed by atoms with Crippen molar-refractivity contribution in [1.29, 1.82) is 0 Å². The number of rotatable bonds is 4.